The van der Waals surface area contributed by atoms with Crippen LogP contribution in [0.2, 0.25) is 0 Å². The van der Waals surface area contributed by atoms with Gasteiger partial charge in [0.15, 0.2) is 6.61 Å². The van der Waals surface area contributed by atoms with Crippen molar-refractivity contribution in [3.63, 3.8) is 0 Å². The predicted octanol–water partition coefficient (Wildman–Crippen LogP) is 0.700. The van der Waals surface area contributed by atoms with Crippen molar-refractivity contribution in [1.29, 1.82) is 0 Å². The van der Waals surface area contributed by atoms with Gasteiger partial charge in [0, 0.05) is 26.2 Å². The summed E-state index contributed by atoms with van der Waals surface area (Å²) in [6.07, 6.45) is 0. The topological polar surface area (TPSA) is 58.8 Å². The smallest absolute Gasteiger partial charge is 0.260 e. The van der Waals surface area contributed by atoms with E-state index >= 15 is 0 Å². The van der Waals surface area contributed by atoms with Crippen molar-refractivity contribution in [2.45, 2.75) is 13.8 Å². The molecule has 5 heteroatoms. The van der Waals surface area contributed by atoms with Gasteiger partial charge in [0.2, 0.25) is 0 Å². The van der Waals surface area contributed by atoms with Crippen LogP contribution in [-0.4, -0.2) is 48.6 Å². The lowest BCUT2D eigenvalue weighted by Crippen LogP contribution is -2.52. The summed E-state index contributed by atoms with van der Waals surface area (Å²) in [5, 5.41) is 1.73. The summed E-state index contributed by atoms with van der Waals surface area (Å²) in [4.78, 5) is 13.8. The number of para-hydroxylation sites is 1. The Labute approximate surface area is 113 Å². The van der Waals surface area contributed by atoms with Crippen molar-refractivity contribution >= 4 is 5.91 Å². The molecule has 0 radical (unpaired) electrons. The molecule has 1 heterocycles. The van der Waals surface area contributed by atoms with E-state index in [0.29, 0.717) is 13.1 Å². The molecule has 0 bridgehead atoms. The minimum absolute atomic E-state index is 0.0238. The van der Waals surface area contributed by atoms with Crippen LogP contribution in [-0.2, 0) is 4.79 Å². The first-order valence-electron chi connectivity index (χ1n) is 6.54. The van der Waals surface area contributed by atoms with Crippen molar-refractivity contribution in [2.75, 3.05) is 32.8 Å². The monoisotopic (exact) mass is 263 g/mol. The number of aryl methyl sites for hydroxylation is 2. The minimum atomic E-state index is 0.0238. The number of hydrazine groups is 1. The molecule has 0 atom stereocenters. The Kier molecular flexibility index (Phi) is 4.39. The molecule has 5 nitrogen and oxygen atoms in total. The molecule has 0 aliphatic carbocycles. The van der Waals surface area contributed by atoms with Gasteiger partial charge in [-0.2, -0.15) is 0 Å². The van der Waals surface area contributed by atoms with Crippen LogP contribution in [0.3, 0.4) is 0 Å². The number of nitrogens with two attached hydrogens (primary N) is 1. The van der Waals surface area contributed by atoms with E-state index in [2.05, 4.69) is 0 Å². The summed E-state index contributed by atoms with van der Waals surface area (Å²) in [5.41, 5.74) is 2.11. The lowest BCUT2D eigenvalue weighted by molar-refractivity contribution is -0.135. The van der Waals surface area contributed by atoms with E-state index in [1.807, 2.05) is 32.0 Å². The van der Waals surface area contributed by atoms with Gasteiger partial charge in [0.1, 0.15) is 5.75 Å². The van der Waals surface area contributed by atoms with Gasteiger partial charge >= 0.3 is 0 Å². The van der Waals surface area contributed by atoms with Crippen LogP contribution < -0.4 is 10.6 Å². The van der Waals surface area contributed by atoms with Crippen molar-refractivity contribution < 1.29 is 9.53 Å². The summed E-state index contributed by atoms with van der Waals surface area (Å²) in [5.74, 6) is 6.50. The molecule has 1 amide bonds. The number of ether oxygens (including phenoxy) is 1. The molecule has 0 unspecified atom stereocenters. The Morgan fingerprint density at radius 1 is 1.21 bits per heavy atom. The summed E-state index contributed by atoms with van der Waals surface area (Å²) in [6, 6.07) is 5.96. The SMILES string of the molecule is Cc1cccc(C)c1OCC(=O)N1CCN(N)CC1. The maximum atomic E-state index is 12.0. The first-order valence-corrected chi connectivity index (χ1v) is 6.54. The molecule has 1 aromatic rings. The number of piperazine rings is 1. The lowest BCUT2D eigenvalue weighted by Gasteiger charge is -2.32. The zero-order chi connectivity index (χ0) is 13.8. The molecule has 19 heavy (non-hydrogen) atoms. The van der Waals surface area contributed by atoms with Gasteiger partial charge in [0.05, 0.1) is 0 Å². The lowest BCUT2D eigenvalue weighted by atomic mass is 10.1. The maximum absolute atomic E-state index is 12.0. The first kappa shape index (κ1) is 13.8. The predicted molar refractivity (Wildman–Crippen MR) is 73.8 cm³/mol. The summed E-state index contributed by atoms with van der Waals surface area (Å²) < 4.78 is 5.67. The number of amides is 1. The third kappa shape index (κ3) is 3.45. The van der Waals surface area contributed by atoms with Crippen LogP contribution in [0.15, 0.2) is 18.2 Å². The Balaban J connectivity index is 1.90. The van der Waals surface area contributed by atoms with Crippen LogP contribution in [0.25, 0.3) is 0 Å². The van der Waals surface area contributed by atoms with Gasteiger partial charge in [-0.15, -0.1) is 0 Å². The second-order valence-electron chi connectivity index (χ2n) is 4.93. The van der Waals surface area contributed by atoms with Crippen LogP contribution in [0.1, 0.15) is 11.1 Å². The molecule has 1 aromatic carbocycles. The van der Waals surface area contributed by atoms with Gasteiger partial charge in [-0.3, -0.25) is 10.6 Å². The molecule has 104 valence electrons. The van der Waals surface area contributed by atoms with Crippen molar-refractivity contribution in [2.24, 2.45) is 5.84 Å². The van der Waals surface area contributed by atoms with Gasteiger partial charge < -0.3 is 9.64 Å². The maximum Gasteiger partial charge on any atom is 0.260 e. The molecule has 2 rings (SSSR count). The highest BCUT2D eigenvalue weighted by atomic mass is 16.5. The van der Waals surface area contributed by atoms with E-state index in [4.69, 9.17) is 10.6 Å². The molecule has 1 saturated heterocycles. The minimum Gasteiger partial charge on any atom is -0.483 e. The number of hydrogen-bond acceptors (Lipinski definition) is 4. The molecule has 0 aromatic heterocycles. The Morgan fingerprint density at radius 2 is 1.79 bits per heavy atom. The van der Waals surface area contributed by atoms with Crippen LogP contribution >= 0.6 is 0 Å². The van der Waals surface area contributed by atoms with Gasteiger partial charge in [-0.25, -0.2) is 5.01 Å². The van der Waals surface area contributed by atoms with E-state index in [1.165, 1.54) is 0 Å². The van der Waals surface area contributed by atoms with E-state index in [0.717, 1.165) is 30.0 Å². The highest BCUT2D eigenvalue weighted by Gasteiger charge is 2.19. The first-order chi connectivity index (χ1) is 9.08. The van der Waals surface area contributed by atoms with E-state index in [9.17, 15) is 4.79 Å². The number of hydrogen-bond donors (Lipinski definition) is 1. The summed E-state index contributed by atoms with van der Waals surface area (Å²) in [7, 11) is 0. The zero-order valence-electron chi connectivity index (χ0n) is 11.6. The molecule has 1 aliphatic heterocycles. The number of benzene rings is 1. The van der Waals surface area contributed by atoms with E-state index < -0.39 is 0 Å². The van der Waals surface area contributed by atoms with Crippen molar-refractivity contribution in [3.8, 4) is 5.75 Å². The molecular formula is C14H21N3O2. The highest BCUT2D eigenvalue weighted by molar-refractivity contribution is 5.78. The van der Waals surface area contributed by atoms with Crippen LogP contribution in [0.5, 0.6) is 5.75 Å². The third-order valence-electron chi connectivity index (χ3n) is 3.42. The van der Waals surface area contributed by atoms with Crippen molar-refractivity contribution in [3.05, 3.63) is 29.3 Å². The molecule has 0 saturated carbocycles. The van der Waals surface area contributed by atoms with Gasteiger partial charge in [-0.05, 0) is 25.0 Å². The molecule has 1 aliphatic rings. The molecule has 2 N–H and O–H groups in total. The summed E-state index contributed by atoms with van der Waals surface area (Å²) in [6.45, 7) is 6.84. The fraction of sp³-hybridized carbons (Fsp3) is 0.500. The second-order valence-corrected chi connectivity index (χ2v) is 4.93. The summed E-state index contributed by atoms with van der Waals surface area (Å²) >= 11 is 0. The average molecular weight is 263 g/mol. The number of nitrogens with zero attached hydrogens (tertiary/aromatic N) is 2. The standard InChI is InChI=1S/C14H21N3O2/c1-11-4-3-5-12(2)14(11)19-10-13(18)16-6-8-17(15)9-7-16/h3-5H,6-10,15H2,1-2H3. The van der Waals surface area contributed by atoms with Gasteiger partial charge in [-0.1, -0.05) is 18.2 Å². The Hall–Kier alpha value is -1.59. The third-order valence-corrected chi connectivity index (χ3v) is 3.42. The fourth-order valence-corrected chi connectivity index (χ4v) is 2.22. The van der Waals surface area contributed by atoms with Crippen LogP contribution in [0.4, 0.5) is 0 Å². The van der Waals surface area contributed by atoms with Gasteiger partial charge in [0.25, 0.3) is 5.91 Å². The quantitative estimate of drug-likeness (QED) is 0.816. The van der Waals surface area contributed by atoms with Crippen LogP contribution in [0, 0.1) is 13.8 Å². The highest BCUT2D eigenvalue weighted by Crippen LogP contribution is 2.22. The Morgan fingerprint density at radius 3 is 2.37 bits per heavy atom. The number of rotatable bonds is 3. The number of carbonyl (C=O) groups excluding carboxylic acids is 1. The Bertz CT molecular complexity index is 434. The number of carbonyl (C=O) groups is 1. The molecule has 1 fully saturated rings. The molecular weight excluding hydrogens is 242 g/mol. The molecule has 0 spiro atoms. The fourth-order valence-electron chi connectivity index (χ4n) is 2.22. The van der Waals surface area contributed by atoms with E-state index in [1.54, 1.807) is 9.91 Å². The average Bonchev–Trinajstić information content (AvgIpc) is 2.38. The van der Waals surface area contributed by atoms with E-state index in [-0.39, 0.29) is 12.5 Å². The normalized spacial score (nSPS) is 16.5. The van der Waals surface area contributed by atoms with Crippen molar-refractivity contribution in [1.82, 2.24) is 9.91 Å². The largest absolute Gasteiger partial charge is 0.483 e. The zero-order valence-corrected chi connectivity index (χ0v) is 11.6. The second kappa shape index (κ2) is 6.04.